The Kier molecular flexibility index (Phi) is 12.2. The second-order valence-corrected chi connectivity index (χ2v) is 13.4. The van der Waals surface area contributed by atoms with Gasteiger partial charge in [0.2, 0.25) is 0 Å². The van der Waals surface area contributed by atoms with Crippen LogP contribution in [0.25, 0.3) is 56.2 Å². The van der Waals surface area contributed by atoms with Crippen LogP contribution < -0.4 is 11.1 Å². The number of aryl methyl sites for hydroxylation is 1. The van der Waals surface area contributed by atoms with Crippen LogP contribution in [0.4, 0.5) is 8.78 Å². The molecule has 0 fully saturated rings. The molecule has 0 radical (unpaired) electrons. The van der Waals surface area contributed by atoms with E-state index in [0.29, 0.717) is 49.6 Å². The summed E-state index contributed by atoms with van der Waals surface area (Å²) in [5.41, 5.74) is 3.36. The Balaban J connectivity index is 0.000000202. The maximum absolute atomic E-state index is 14.3. The van der Waals surface area contributed by atoms with E-state index in [9.17, 15) is 28.0 Å². The predicted octanol–water partition coefficient (Wildman–Crippen LogP) is 9.88. The molecule has 9 nitrogen and oxygen atoms in total. The second-order valence-electron chi connectivity index (χ2n) is 13.4. The molecule has 0 saturated carbocycles. The van der Waals surface area contributed by atoms with E-state index in [2.05, 4.69) is 15.0 Å². The number of benzene rings is 4. The highest BCUT2D eigenvalue weighted by Gasteiger charge is 2.23. The number of ketones is 2. The van der Waals surface area contributed by atoms with Crippen molar-refractivity contribution >= 4 is 45.5 Å². The SMILES string of the molecule is N#CCCn1c(=O)c(C(=O)/C=C/c2cccnc2)c(-c2ccccc2)c2cc(F)ccc21.O=C(/C=C/c1cccnc1)c1c(-c2ccccc2)c2cc(F)ccc2[nH]c1=O.[HH]. The molecule has 0 amide bonds. The number of halogens is 2. The van der Waals surface area contributed by atoms with Crippen LogP contribution in [0.5, 0.6) is 0 Å². The molecule has 11 heteroatoms. The van der Waals surface area contributed by atoms with E-state index in [1.807, 2.05) is 18.2 Å². The third-order valence-corrected chi connectivity index (χ3v) is 9.49. The van der Waals surface area contributed by atoms with Gasteiger partial charge in [-0.05, 0) is 95.1 Å². The van der Waals surface area contributed by atoms with Crippen molar-refractivity contribution in [2.45, 2.75) is 13.0 Å². The van der Waals surface area contributed by atoms with E-state index in [0.717, 1.165) is 5.56 Å². The molecule has 0 aliphatic heterocycles. The quantitative estimate of drug-likeness (QED) is 0.107. The third-order valence-electron chi connectivity index (χ3n) is 9.49. The fourth-order valence-corrected chi connectivity index (χ4v) is 6.81. The van der Waals surface area contributed by atoms with E-state index in [4.69, 9.17) is 5.26 Å². The predicted molar refractivity (Wildman–Crippen MR) is 231 cm³/mol. The van der Waals surface area contributed by atoms with Crippen molar-refractivity contribution in [3.8, 4) is 28.3 Å². The Hall–Kier alpha value is -8.23. The number of fused-ring (bicyclic) bond motifs is 2. The van der Waals surface area contributed by atoms with E-state index in [1.54, 1.807) is 110 Å². The van der Waals surface area contributed by atoms with Crippen molar-refractivity contribution in [3.05, 3.63) is 213 Å². The molecule has 0 aliphatic carbocycles. The highest BCUT2D eigenvalue weighted by Crippen LogP contribution is 2.33. The number of nitriles is 1. The van der Waals surface area contributed by atoms with Crippen LogP contribution in [0.1, 0.15) is 39.7 Å². The minimum absolute atomic E-state index is 0. The van der Waals surface area contributed by atoms with E-state index in [1.165, 1.54) is 53.1 Å². The molecular weight excluding hydrogens is 761 g/mol. The normalized spacial score (nSPS) is 11.1. The van der Waals surface area contributed by atoms with Crippen LogP contribution in [0.2, 0.25) is 0 Å². The fraction of sp³-hybridized carbons (Fsp3) is 0.0408. The minimum atomic E-state index is -0.515. The Bertz CT molecular complexity index is 3090. The second kappa shape index (κ2) is 18.4. The Morgan fingerprint density at radius 3 is 1.77 bits per heavy atom. The maximum Gasteiger partial charge on any atom is 0.262 e. The molecule has 8 rings (SSSR count). The standard InChI is InChI=1S/C26H18FN3O2.C23H15FN2O2.H2/c27-20-10-11-22-21(16-20)24(19-7-2-1-3-8-19)25(26(32)30(22)15-5-13-28)23(31)12-9-18-6-4-14-29-17-18;24-17-9-10-19-18(13-17)21(16-6-2-1-3-7-16)22(23(28)26-19)20(27)11-8-15-5-4-12-25-14-15;/h1-4,6-12,14,16-17H,5,15H2;1-14H,(H,26,28);1H/b12-9+;11-8+;. The molecule has 0 bridgehead atoms. The molecule has 0 unspecified atom stereocenters. The zero-order valence-electron chi connectivity index (χ0n) is 31.8. The molecule has 4 aromatic heterocycles. The lowest BCUT2D eigenvalue weighted by Crippen LogP contribution is -2.27. The summed E-state index contributed by atoms with van der Waals surface area (Å²) in [6.45, 7) is 0.0964. The van der Waals surface area contributed by atoms with Crippen LogP contribution in [0.3, 0.4) is 0 Å². The maximum atomic E-state index is 14.3. The van der Waals surface area contributed by atoms with Gasteiger partial charge in [0.25, 0.3) is 11.1 Å². The van der Waals surface area contributed by atoms with Crippen molar-refractivity contribution in [1.29, 1.82) is 5.26 Å². The van der Waals surface area contributed by atoms with Crippen molar-refractivity contribution in [3.63, 3.8) is 0 Å². The summed E-state index contributed by atoms with van der Waals surface area (Å²) in [6.07, 6.45) is 12.4. The van der Waals surface area contributed by atoms with Crippen molar-refractivity contribution in [2.75, 3.05) is 0 Å². The summed E-state index contributed by atoms with van der Waals surface area (Å²) < 4.78 is 29.6. The van der Waals surface area contributed by atoms with Gasteiger partial charge in [-0.1, -0.05) is 72.8 Å². The number of H-pyrrole nitrogens is 1. The van der Waals surface area contributed by atoms with Crippen LogP contribution in [-0.2, 0) is 6.54 Å². The molecule has 0 saturated heterocycles. The van der Waals surface area contributed by atoms with Crippen LogP contribution in [0, 0.1) is 23.0 Å². The summed E-state index contributed by atoms with van der Waals surface area (Å²) in [7, 11) is 0. The molecular formula is C49H35F2N5O4. The molecule has 1 N–H and O–H groups in total. The number of aromatic amines is 1. The number of rotatable bonds is 10. The number of carbonyl (C=O) groups excluding carboxylic acids is 2. The zero-order valence-corrected chi connectivity index (χ0v) is 31.8. The number of nitrogens with one attached hydrogen (secondary N) is 1. The monoisotopic (exact) mass is 795 g/mol. The van der Waals surface area contributed by atoms with E-state index < -0.39 is 34.3 Å². The summed E-state index contributed by atoms with van der Waals surface area (Å²) in [5.74, 6) is -1.89. The third kappa shape index (κ3) is 8.83. The number of aromatic nitrogens is 4. The molecule has 0 atom stereocenters. The lowest BCUT2D eigenvalue weighted by Gasteiger charge is -2.17. The Labute approximate surface area is 343 Å². The zero-order chi connectivity index (χ0) is 42.0. The van der Waals surface area contributed by atoms with E-state index >= 15 is 0 Å². The highest BCUT2D eigenvalue weighted by atomic mass is 19.1. The van der Waals surface area contributed by atoms with Gasteiger partial charge in [0.05, 0.1) is 29.1 Å². The number of carbonyl (C=O) groups is 2. The Morgan fingerprint density at radius 2 is 1.22 bits per heavy atom. The first-order valence-electron chi connectivity index (χ1n) is 18.7. The summed E-state index contributed by atoms with van der Waals surface area (Å²) in [4.78, 5) is 63.2. The first kappa shape index (κ1) is 40.0. The summed E-state index contributed by atoms with van der Waals surface area (Å²) in [6, 6.07) is 35.3. The summed E-state index contributed by atoms with van der Waals surface area (Å²) >= 11 is 0. The molecule has 8 aromatic rings. The number of pyridine rings is 4. The average molecular weight is 796 g/mol. The number of allylic oxidation sites excluding steroid dienone is 2. The Morgan fingerprint density at radius 1 is 0.683 bits per heavy atom. The van der Waals surface area contributed by atoms with Gasteiger partial charge in [0.15, 0.2) is 11.6 Å². The topological polar surface area (TPSA) is 139 Å². The van der Waals surface area contributed by atoms with Gasteiger partial charge in [-0.25, -0.2) is 8.78 Å². The van der Waals surface area contributed by atoms with Crippen LogP contribution in [-0.4, -0.2) is 31.1 Å². The van der Waals surface area contributed by atoms with E-state index in [-0.39, 0.29) is 25.5 Å². The van der Waals surface area contributed by atoms with Gasteiger partial charge in [-0.3, -0.25) is 29.1 Å². The lowest BCUT2D eigenvalue weighted by atomic mass is 9.93. The van der Waals surface area contributed by atoms with Crippen molar-refractivity contribution < 1.29 is 19.8 Å². The smallest absolute Gasteiger partial charge is 0.262 e. The van der Waals surface area contributed by atoms with Crippen molar-refractivity contribution in [2.24, 2.45) is 0 Å². The van der Waals surface area contributed by atoms with Gasteiger partial charge in [0, 0.05) is 60.2 Å². The first-order chi connectivity index (χ1) is 29.2. The number of hydrogen-bond acceptors (Lipinski definition) is 7. The lowest BCUT2D eigenvalue weighted by molar-refractivity contribution is 0.103. The van der Waals surface area contributed by atoms with Gasteiger partial charge in [-0.15, -0.1) is 0 Å². The molecule has 294 valence electrons. The largest absolute Gasteiger partial charge is 0.321 e. The minimum Gasteiger partial charge on any atom is -0.321 e. The number of nitrogens with zero attached hydrogens (tertiary/aromatic N) is 4. The fourth-order valence-electron chi connectivity index (χ4n) is 6.81. The highest BCUT2D eigenvalue weighted by molar-refractivity contribution is 6.16. The first-order valence-corrected chi connectivity index (χ1v) is 18.7. The van der Waals surface area contributed by atoms with Gasteiger partial charge in [-0.2, -0.15) is 5.26 Å². The van der Waals surface area contributed by atoms with Crippen LogP contribution >= 0.6 is 0 Å². The molecule has 4 heterocycles. The summed E-state index contributed by atoms with van der Waals surface area (Å²) in [5, 5.41) is 9.96. The number of hydrogen-bond donors (Lipinski definition) is 1. The average Bonchev–Trinajstić information content (AvgIpc) is 3.28. The molecule has 0 aliphatic rings. The molecule has 0 spiro atoms. The molecule has 60 heavy (non-hydrogen) atoms. The molecule has 4 aromatic carbocycles. The van der Waals surface area contributed by atoms with Crippen molar-refractivity contribution in [1.82, 2.24) is 19.5 Å². The van der Waals surface area contributed by atoms with Gasteiger partial charge in [0.1, 0.15) is 11.6 Å². The van der Waals surface area contributed by atoms with Crippen LogP contribution in [0.15, 0.2) is 168 Å². The van der Waals surface area contributed by atoms with Gasteiger partial charge < -0.3 is 9.55 Å². The van der Waals surface area contributed by atoms with Gasteiger partial charge >= 0.3 is 0 Å².